The number of hydrogen-bond acceptors (Lipinski definition) is 3. The van der Waals surface area contributed by atoms with Gasteiger partial charge >= 0.3 is 0 Å². The van der Waals surface area contributed by atoms with Gasteiger partial charge in [-0.3, -0.25) is 0 Å². The number of thioether (sulfide) groups is 1. The fraction of sp³-hybridized carbons (Fsp3) is 0.800. The maximum absolute atomic E-state index is 8.14. The van der Waals surface area contributed by atoms with E-state index in [2.05, 4.69) is 0 Å². The zero-order valence-corrected chi connectivity index (χ0v) is 5.74. The molecule has 0 spiro atoms. The van der Waals surface area contributed by atoms with Gasteiger partial charge in [0, 0.05) is 5.25 Å². The Kier molecular flexibility index (Phi) is 4.82. The van der Waals surface area contributed by atoms with Gasteiger partial charge in [-0.05, 0) is 24.7 Å². The van der Waals surface area contributed by atoms with Gasteiger partial charge in [-0.1, -0.05) is 6.92 Å². The van der Waals surface area contributed by atoms with Crippen LogP contribution in [0.4, 0.5) is 0 Å². The number of nitriles is 1. The summed E-state index contributed by atoms with van der Waals surface area (Å²) in [4.78, 5) is 0. The van der Waals surface area contributed by atoms with Gasteiger partial charge in [-0.25, -0.2) is 0 Å². The highest BCUT2D eigenvalue weighted by Gasteiger charge is 1.97. The molecule has 8 heavy (non-hydrogen) atoms. The smallest absolute Gasteiger partial charge is 0.133 e. The first-order chi connectivity index (χ1) is 3.81. The van der Waals surface area contributed by atoms with Gasteiger partial charge in [-0.15, -0.1) is 0 Å². The highest BCUT2D eigenvalue weighted by atomic mass is 32.2. The molecule has 2 nitrogen and oxygen atoms in total. The molecule has 0 rings (SSSR count). The fourth-order valence-electron chi connectivity index (χ4n) is 0.384. The number of thiocyanates is 1. The number of hydrogen-bond donors (Lipinski definition) is 1. The molecular weight excluding hydrogens is 120 g/mol. The molecule has 0 saturated carbocycles. The topological polar surface area (TPSA) is 49.8 Å². The molecule has 0 saturated heterocycles. The highest BCUT2D eigenvalue weighted by molar-refractivity contribution is 8.04. The summed E-state index contributed by atoms with van der Waals surface area (Å²) in [5, 5.41) is 10.5. The molecule has 0 radical (unpaired) electrons. The summed E-state index contributed by atoms with van der Waals surface area (Å²) in [7, 11) is 0. The second-order valence-electron chi connectivity index (χ2n) is 1.60. The maximum atomic E-state index is 8.14. The zero-order valence-electron chi connectivity index (χ0n) is 4.92. The molecule has 0 aliphatic rings. The quantitative estimate of drug-likeness (QED) is 0.578. The molecule has 1 unspecified atom stereocenters. The van der Waals surface area contributed by atoms with E-state index in [0.717, 1.165) is 6.42 Å². The van der Waals surface area contributed by atoms with Crippen molar-refractivity contribution in [3.63, 3.8) is 0 Å². The van der Waals surface area contributed by atoms with Crippen molar-refractivity contribution in [1.82, 2.24) is 0 Å². The van der Waals surface area contributed by atoms with Crippen LogP contribution in [0.3, 0.4) is 0 Å². The summed E-state index contributed by atoms with van der Waals surface area (Å²) in [6, 6.07) is 0. The summed E-state index contributed by atoms with van der Waals surface area (Å²) >= 11 is 1.28. The predicted molar refractivity (Wildman–Crippen MR) is 36.3 cm³/mol. The van der Waals surface area contributed by atoms with Gasteiger partial charge in [0.25, 0.3) is 0 Å². The average molecular weight is 130 g/mol. The zero-order chi connectivity index (χ0) is 6.41. The SMILES string of the molecule is CC(CCN)SC#N. The van der Waals surface area contributed by atoms with Crippen molar-refractivity contribution in [2.45, 2.75) is 18.6 Å². The lowest BCUT2D eigenvalue weighted by atomic mass is 10.3. The van der Waals surface area contributed by atoms with Crippen molar-refractivity contribution < 1.29 is 0 Å². The molecule has 2 N–H and O–H groups in total. The lowest BCUT2D eigenvalue weighted by Crippen LogP contribution is -2.05. The Morgan fingerprint density at radius 2 is 2.50 bits per heavy atom. The second kappa shape index (κ2) is 4.95. The molecule has 0 aliphatic heterocycles. The van der Waals surface area contributed by atoms with Crippen LogP contribution in [0.1, 0.15) is 13.3 Å². The van der Waals surface area contributed by atoms with Crippen LogP contribution in [0, 0.1) is 10.7 Å². The van der Waals surface area contributed by atoms with E-state index in [1.54, 1.807) is 0 Å². The Balaban J connectivity index is 3.08. The lowest BCUT2D eigenvalue weighted by Gasteiger charge is -1.99. The number of nitrogens with two attached hydrogens (primary N) is 1. The van der Waals surface area contributed by atoms with E-state index in [9.17, 15) is 0 Å². The van der Waals surface area contributed by atoms with E-state index in [1.807, 2.05) is 12.3 Å². The van der Waals surface area contributed by atoms with Gasteiger partial charge < -0.3 is 5.73 Å². The first-order valence-electron chi connectivity index (χ1n) is 2.56. The Bertz CT molecular complexity index is 86.9. The van der Waals surface area contributed by atoms with Crippen LogP contribution in [0.15, 0.2) is 0 Å². The van der Waals surface area contributed by atoms with Gasteiger partial charge in [-0.2, -0.15) is 5.26 Å². The third-order valence-corrected chi connectivity index (χ3v) is 1.57. The summed E-state index contributed by atoms with van der Waals surface area (Å²) in [6.45, 7) is 2.68. The minimum atomic E-state index is 0.394. The Morgan fingerprint density at radius 3 is 2.88 bits per heavy atom. The Labute approximate surface area is 54.1 Å². The summed E-state index contributed by atoms with van der Waals surface area (Å²) < 4.78 is 0. The van der Waals surface area contributed by atoms with Crippen molar-refractivity contribution in [2.75, 3.05) is 6.54 Å². The van der Waals surface area contributed by atoms with Crippen LogP contribution in [-0.4, -0.2) is 11.8 Å². The van der Waals surface area contributed by atoms with E-state index >= 15 is 0 Å². The summed E-state index contributed by atoms with van der Waals surface area (Å²) in [5.74, 6) is 0. The van der Waals surface area contributed by atoms with Crippen molar-refractivity contribution >= 4 is 11.8 Å². The van der Waals surface area contributed by atoms with E-state index in [4.69, 9.17) is 11.0 Å². The van der Waals surface area contributed by atoms with Gasteiger partial charge in [0.1, 0.15) is 5.40 Å². The minimum absolute atomic E-state index is 0.394. The summed E-state index contributed by atoms with van der Waals surface area (Å²) in [5.41, 5.74) is 5.24. The van der Waals surface area contributed by atoms with Crippen molar-refractivity contribution in [1.29, 1.82) is 5.26 Å². The highest BCUT2D eigenvalue weighted by Crippen LogP contribution is 2.09. The van der Waals surface area contributed by atoms with Gasteiger partial charge in [0.2, 0.25) is 0 Å². The number of rotatable bonds is 3. The largest absolute Gasteiger partial charge is 0.330 e. The minimum Gasteiger partial charge on any atom is -0.330 e. The van der Waals surface area contributed by atoms with Crippen LogP contribution in [0.2, 0.25) is 0 Å². The molecule has 0 aliphatic carbocycles. The Hall–Kier alpha value is -0.200. The third kappa shape index (κ3) is 3.97. The molecular formula is C5H10N2S. The maximum Gasteiger partial charge on any atom is 0.133 e. The first-order valence-corrected chi connectivity index (χ1v) is 3.44. The molecule has 0 amide bonds. The van der Waals surface area contributed by atoms with E-state index in [1.165, 1.54) is 11.8 Å². The second-order valence-corrected chi connectivity index (χ2v) is 2.82. The molecule has 3 heteroatoms. The van der Waals surface area contributed by atoms with Crippen LogP contribution >= 0.6 is 11.8 Å². The predicted octanol–water partition coefficient (Wildman–Crippen LogP) is 0.938. The molecule has 46 valence electrons. The first kappa shape index (κ1) is 7.80. The molecule has 0 aromatic carbocycles. The summed E-state index contributed by atoms with van der Waals surface area (Å²) in [6.07, 6.45) is 0.929. The molecule has 1 atom stereocenters. The van der Waals surface area contributed by atoms with Crippen LogP contribution in [-0.2, 0) is 0 Å². The molecule has 0 heterocycles. The van der Waals surface area contributed by atoms with Crippen molar-refractivity contribution in [3.05, 3.63) is 0 Å². The van der Waals surface area contributed by atoms with Crippen molar-refractivity contribution in [3.8, 4) is 5.40 Å². The normalized spacial score (nSPS) is 12.6. The molecule has 0 aromatic rings. The van der Waals surface area contributed by atoms with Crippen LogP contribution in [0.5, 0.6) is 0 Å². The lowest BCUT2D eigenvalue weighted by molar-refractivity contribution is 0.826. The molecule has 0 aromatic heterocycles. The molecule has 0 fully saturated rings. The average Bonchev–Trinajstić information content (AvgIpc) is 1.68. The standard InChI is InChI=1S/C5H10N2S/c1-5(2-3-6)8-4-7/h5H,2-3,6H2,1H3. The third-order valence-electron chi connectivity index (χ3n) is 0.827. The van der Waals surface area contributed by atoms with Gasteiger partial charge in [0.15, 0.2) is 0 Å². The van der Waals surface area contributed by atoms with Crippen LogP contribution in [0.25, 0.3) is 0 Å². The monoisotopic (exact) mass is 130 g/mol. The van der Waals surface area contributed by atoms with Crippen molar-refractivity contribution in [2.24, 2.45) is 5.73 Å². The van der Waals surface area contributed by atoms with E-state index < -0.39 is 0 Å². The number of nitrogens with zero attached hydrogens (tertiary/aromatic N) is 1. The van der Waals surface area contributed by atoms with E-state index in [0.29, 0.717) is 11.8 Å². The van der Waals surface area contributed by atoms with Crippen LogP contribution < -0.4 is 5.73 Å². The van der Waals surface area contributed by atoms with Gasteiger partial charge in [0.05, 0.1) is 0 Å². The van der Waals surface area contributed by atoms with E-state index in [-0.39, 0.29) is 0 Å². The fourth-order valence-corrected chi connectivity index (χ4v) is 0.817. The Morgan fingerprint density at radius 1 is 1.88 bits per heavy atom. The molecule has 0 bridgehead atoms.